The molecule has 3 heteroatoms. The van der Waals surface area contributed by atoms with E-state index < -0.39 is 0 Å². The van der Waals surface area contributed by atoms with E-state index in [1.807, 2.05) is 42.5 Å². The van der Waals surface area contributed by atoms with Gasteiger partial charge in [0.25, 0.3) is 5.91 Å². The highest BCUT2D eigenvalue weighted by atomic mass is 16.6. The minimum absolute atomic E-state index is 0.0434. The molecule has 1 aliphatic rings. The zero-order valence-corrected chi connectivity index (χ0v) is 11.9. The summed E-state index contributed by atoms with van der Waals surface area (Å²) in [5, 5.41) is 0. The Morgan fingerprint density at radius 2 is 1.86 bits per heavy atom. The highest BCUT2D eigenvalue weighted by molar-refractivity contribution is 5.83. The first-order valence-electron chi connectivity index (χ1n) is 7.38. The number of carbonyl (C=O) groups is 1. The molecule has 0 saturated heterocycles. The molecule has 1 unspecified atom stereocenters. The molecule has 3 nitrogen and oxygen atoms in total. The number of nitrogens with one attached hydrogen (secondary N) is 1. The molecule has 108 valence electrons. The molecule has 0 aromatic heterocycles. The van der Waals surface area contributed by atoms with Crippen molar-refractivity contribution in [2.45, 2.75) is 31.8 Å². The van der Waals surface area contributed by atoms with Gasteiger partial charge in [-0.25, -0.2) is 5.48 Å². The predicted molar refractivity (Wildman–Crippen MR) is 81.5 cm³/mol. The topological polar surface area (TPSA) is 38.3 Å². The molecular formula is C18H19NO2. The van der Waals surface area contributed by atoms with Crippen molar-refractivity contribution in [1.82, 2.24) is 5.48 Å². The zero-order valence-electron chi connectivity index (χ0n) is 11.9. The number of hydrogen-bond acceptors (Lipinski definition) is 2. The van der Waals surface area contributed by atoms with Crippen molar-refractivity contribution in [3.63, 3.8) is 0 Å². The Morgan fingerprint density at radius 3 is 2.71 bits per heavy atom. The van der Waals surface area contributed by atoms with Gasteiger partial charge in [-0.05, 0) is 36.0 Å². The van der Waals surface area contributed by atoms with Crippen LogP contribution in [-0.2, 0) is 22.7 Å². The molecule has 21 heavy (non-hydrogen) atoms. The van der Waals surface area contributed by atoms with Crippen LogP contribution >= 0.6 is 0 Å². The molecule has 0 heterocycles. The van der Waals surface area contributed by atoms with Gasteiger partial charge in [0.05, 0.1) is 12.5 Å². The van der Waals surface area contributed by atoms with E-state index in [0.717, 1.165) is 30.4 Å². The molecule has 2 aromatic rings. The van der Waals surface area contributed by atoms with Crippen LogP contribution in [0.5, 0.6) is 0 Å². The van der Waals surface area contributed by atoms with Crippen molar-refractivity contribution in [2.75, 3.05) is 0 Å². The average Bonchev–Trinajstić information content (AvgIpc) is 2.55. The molecule has 1 aliphatic carbocycles. The predicted octanol–water partition coefficient (Wildman–Crippen LogP) is 3.35. The summed E-state index contributed by atoms with van der Waals surface area (Å²) in [6, 6.07) is 18.0. The molecular weight excluding hydrogens is 262 g/mol. The fourth-order valence-corrected chi connectivity index (χ4v) is 2.86. The van der Waals surface area contributed by atoms with Crippen molar-refractivity contribution >= 4 is 5.91 Å². The van der Waals surface area contributed by atoms with Crippen LogP contribution in [0.1, 0.15) is 35.4 Å². The fourth-order valence-electron chi connectivity index (χ4n) is 2.86. The largest absolute Gasteiger partial charge is 0.272 e. The molecule has 3 rings (SSSR count). The molecule has 1 atom stereocenters. The molecule has 0 aliphatic heterocycles. The molecule has 0 bridgehead atoms. The second-order valence-corrected chi connectivity index (χ2v) is 5.38. The minimum Gasteiger partial charge on any atom is -0.272 e. The molecule has 1 amide bonds. The van der Waals surface area contributed by atoms with Crippen LogP contribution in [0.4, 0.5) is 0 Å². The summed E-state index contributed by atoms with van der Waals surface area (Å²) < 4.78 is 0. The second kappa shape index (κ2) is 6.55. The Hall–Kier alpha value is -2.13. The van der Waals surface area contributed by atoms with E-state index in [9.17, 15) is 4.79 Å². The molecule has 0 radical (unpaired) electrons. The molecule has 0 saturated carbocycles. The normalized spacial score (nSPS) is 17.0. The molecule has 0 spiro atoms. The van der Waals surface area contributed by atoms with Gasteiger partial charge in [-0.3, -0.25) is 9.63 Å². The monoisotopic (exact) mass is 281 g/mol. The van der Waals surface area contributed by atoms with E-state index in [1.54, 1.807) is 0 Å². The Labute approximate surface area is 124 Å². The summed E-state index contributed by atoms with van der Waals surface area (Å²) in [5.41, 5.74) is 6.07. The number of hydroxylamine groups is 1. The van der Waals surface area contributed by atoms with Crippen LogP contribution in [0.3, 0.4) is 0 Å². The van der Waals surface area contributed by atoms with Gasteiger partial charge in [0.15, 0.2) is 0 Å². The van der Waals surface area contributed by atoms with Crippen LogP contribution in [0.25, 0.3) is 0 Å². The maximum absolute atomic E-state index is 12.3. The number of carbonyl (C=O) groups excluding carboxylic acids is 1. The van der Waals surface area contributed by atoms with Gasteiger partial charge in [-0.1, -0.05) is 54.6 Å². The summed E-state index contributed by atoms with van der Waals surface area (Å²) in [6.07, 6.45) is 3.00. The van der Waals surface area contributed by atoms with E-state index in [-0.39, 0.29) is 11.8 Å². The molecule has 0 fully saturated rings. The van der Waals surface area contributed by atoms with E-state index in [0.29, 0.717) is 6.61 Å². The summed E-state index contributed by atoms with van der Waals surface area (Å²) >= 11 is 0. The Balaban J connectivity index is 1.59. The quantitative estimate of drug-likeness (QED) is 0.873. The third kappa shape index (κ3) is 3.31. The minimum atomic E-state index is -0.0919. The first-order valence-corrected chi connectivity index (χ1v) is 7.38. The number of aryl methyl sites for hydroxylation is 1. The van der Waals surface area contributed by atoms with Crippen molar-refractivity contribution in [3.8, 4) is 0 Å². The smallest absolute Gasteiger partial charge is 0.251 e. The second-order valence-electron chi connectivity index (χ2n) is 5.38. The zero-order chi connectivity index (χ0) is 14.5. The Kier molecular flexibility index (Phi) is 4.31. The van der Waals surface area contributed by atoms with Crippen LogP contribution in [0.15, 0.2) is 54.6 Å². The van der Waals surface area contributed by atoms with Gasteiger partial charge < -0.3 is 0 Å². The van der Waals surface area contributed by atoms with E-state index in [4.69, 9.17) is 4.84 Å². The first-order chi connectivity index (χ1) is 10.3. The lowest BCUT2D eigenvalue weighted by atomic mass is 9.82. The van der Waals surface area contributed by atoms with Crippen molar-refractivity contribution < 1.29 is 9.63 Å². The van der Waals surface area contributed by atoms with E-state index in [2.05, 4.69) is 17.6 Å². The summed E-state index contributed by atoms with van der Waals surface area (Å²) in [7, 11) is 0. The number of benzene rings is 2. The van der Waals surface area contributed by atoms with Crippen molar-refractivity contribution in [3.05, 3.63) is 71.3 Å². The lowest BCUT2D eigenvalue weighted by Gasteiger charge is -2.24. The third-order valence-electron chi connectivity index (χ3n) is 3.94. The van der Waals surface area contributed by atoms with Gasteiger partial charge >= 0.3 is 0 Å². The lowest BCUT2D eigenvalue weighted by molar-refractivity contribution is -0.136. The van der Waals surface area contributed by atoms with Gasteiger partial charge in [-0.15, -0.1) is 0 Å². The van der Waals surface area contributed by atoms with Crippen molar-refractivity contribution in [2.24, 2.45) is 0 Å². The first kappa shape index (κ1) is 13.8. The third-order valence-corrected chi connectivity index (χ3v) is 3.94. The maximum atomic E-state index is 12.3. The Morgan fingerprint density at radius 1 is 1.10 bits per heavy atom. The number of amides is 1. The SMILES string of the molecule is O=C(NOCc1ccccc1)C1CCCc2ccccc21. The number of fused-ring (bicyclic) bond motifs is 1. The highest BCUT2D eigenvalue weighted by Crippen LogP contribution is 2.31. The van der Waals surface area contributed by atoms with E-state index in [1.165, 1.54) is 5.56 Å². The summed E-state index contributed by atoms with van der Waals surface area (Å²) in [4.78, 5) is 17.7. The van der Waals surface area contributed by atoms with Crippen LogP contribution in [-0.4, -0.2) is 5.91 Å². The maximum Gasteiger partial charge on any atom is 0.251 e. The number of rotatable bonds is 4. The van der Waals surface area contributed by atoms with Crippen molar-refractivity contribution in [1.29, 1.82) is 0 Å². The molecule has 1 N–H and O–H groups in total. The van der Waals surface area contributed by atoms with Crippen LogP contribution in [0.2, 0.25) is 0 Å². The highest BCUT2D eigenvalue weighted by Gasteiger charge is 2.26. The summed E-state index contributed by atoms with van der Waals surface area (Å²) in [5.74, 6) is -0.135. The van der Waals surface area contributed by atoms with Gasteiger partial charge in [0.1, 0.15) is 0 Å². The van der Waals surface area contributed by atoms with Gasteiger partial charge in [0.2, 0.25) is 0 Å². The fraction of sp³-hybridized carbons (Fsp3) is 0.278. The molecule has 2 aromatic carbocycles. The Bertz CT molecular complexity index is 610. The van der Waals surface area contributed by atoms with E-state index >= 15 is 0 Å². The number of hydrogen-bond donors (Lipinski definition) is 1. The standard InChI is InChI=1S/C18H19NO2/c20-18(19-21-13-14-7-2-1-3-8-14)17-12-6-10-15-9-4-5-11-16(15)17/h1-5,7-9,11,17H,6,10,12-13H2,(H,19,20). The van der Waals surface area contributed by atoms with Crippen LogP contribution < -0.4 is 5.48 Å². The summed E-state index contributed by atoms with van der Waals surface area (Å²) in [6.45, 7) is 0.390. The van der Waals surface area contributed by atoms with Gasteiger partial charge in [0, 0.05) is 0 Å². The van der Waals surface area contributed by atoms with Gasteiger partial charge in [-0.2, -0.15) is 0 Å². The van der Waals surface area contributed by atoms with Crippen LogP contribution in [0, 0.1) is 0 Å². The average molecular weight is 281 g/mol. The lowest BCUT2D eigenvalue weighted by Crippen LogP contribution is -2.31.